The molecule has 0 radical (unpaired) electrons. The third-order valence-corrected chi connectivity index (χ3v) is 2.11. The number of hydrogen-bond acceptors (Lipinski definition) is 5. The third-order valence-electron chi connectivity index (χ3n) is 2.11. The smallest absolute Gasteiger partial charge is 0.414 e. The first kappa shape index (κ1) is 11.1. The number of amides is 1. The summed E-state index contributed by atoms with van der Waals surface area (Å²) in [5, 5.41) is 6.40. The van der Waals surface area contributed by atoms with E-state index < -0.39 is 0 Å². The molecule has 1 fully saturated rings. The normalized spacial score (nSPS) is 13.9. The number of anilines is 1. The van der Waals surface area contributed by atoms with Crippen LogP contribution in [0.2, 0.25) is 0 Å². The molecule has 2 heterocycles. The lowest BCUT2D eigenvalue weighted by atomic mass is 10.3. The molecule has 88 valence electrons. The first-order valence-corrected chi connectivity index (χ1v) is 5.08. The fourth-order valence-corrected chi connectivity index (χ4v) is 1.37. The molecule has 1 amide bonds. The summed E-state index contributed by atoms with van der Waals surface area (Å²) in [4.78, 5) is 12.7. The molecule has 0 bridgehead atoms. The van der Waals surface area contributed by atoms with Crippen LogP contribution >= 0.6 is 0 Å². The van der Waals surface area contributed by atoms with Gasteiger partial charge in [0.1, 0.15) is 12.9 Å². The minimum atomic E-state index is -0.249. The molecule has 0 aliphatic carbocycles. The van der Waals surface area contributed by atoms with Crippen molar-refractivity contribution in [3.8, 4) is 0 Å². The number of nitrogens with zero attached hydrogens (tertiary/aromatic N) is 3. The van der Waals surface area contributed by atoms with Crippen LogP contribution in [0.25, 0.3) is 0 Å². The zero-order valence-electron chi connectivity index (χ0n) is 9.02. The minimum Gasteiger partial charge on any atom is -0.447 e. The van der Waals surface area contributed by atoms with E-state index in [0.717, 1.165) is 5.69 Å². The largest absolute Gasteiger partial charge is 0.447 e. The molecule has 0 spiro atoms. The lowest BCUT2D eigenvalue weighted by molar-refractivity contribution is 0.181. The summed E-state index contributed by atoms with van der Waals surface area (Å²) in [5.41, 5.74) is 0.903. The number of carbonyl (C=O) groups excluding carboxylic acids is 1. The molecule has 1 aliphatic heterocycles. The van der Waals surface area contributed by atoms with Crippen LogP contribution in [0.4, 0.5) is 10.5 Å². The zero-order valence-corrected chi connectivity index (χ0v) is 9.02. The molecular weight excluding hydrogens is 222 g/mol. The molecule has 0 N–H and O–H groups in total. The van der Waals surface area contributed by atoms with Gasteiger partial charge in [0, 0.05) is 11.0 Å². The number of cyclic esters (lactones) is 1. The second-order valence-corrected chi connectivity index (χ2v) is 3.19. The van der Waals surface area contributed by atoms with E-state index in [1.807, 2.05) is 30.3 Å². The molecule has 3 rings (SSSR count). The lowest BCUT2D eigenvalue weighted by Gasteiger charge is -2.11. The van der Waals surface area contributed by atoms with Gasteiger partial charge in [0.2, 0.25) is 0 Å². The van der Waals surface area contributed by atoms with E-state index >= 15 is 0 Å². The highest BCUT2D eigenvalue weighted by atomic mass is 16.6. The van der Waals surface area contributed by atoms with Crippen LogP contribution in [0.1, 0.15) is 0 Å². The highest BCUT2D eigenvalue weighted by Crippen LogP contribution is 2.16. The molecule has 1 aromatic heterocycles. The Kier molecular flexibility index (Phi) is 3.69. The van der Waals surface area contributed by atoms with Gasteiger partial charge in [0.25, 0.3) is 0 Å². The Labute approximate surface area is 97.8 Å². The van der Waals surface area contributed by atoms with Gasteiger partial charge in [-0.2, -0.15) is 0 Å². The molecule has 1 aliphatic rings. The van der Waals surface area contributed by atoms with Crippen LogP contribution in [-0.4, -0.2) is 29.6 Å². The van der Waals surface area contributed by atoms with Crippen molar-refractivity contribution >= 4 is 11.8 Å². The molecule has 1 saturated heterocycles. The summed E-state index contributed by atoms with van der Waals surface area (Å²) in [5.74, 6) is 0. The van der Waals surface area contributed by atoms with Crippen molar-refractivity contribution in [1.29, 1.82) is 0 Å². The summed E-state index contributed by atoms with van der Waals surface area (Å²) in [7, 11) is 0. The van der Waals surface area contributed by atoms with Crippen LogP contribution in [0, 0.1) is 0 Å². The fourth-order valence-electron chi connectivity index (χ4n) is 1.37. The highest BCUT2D eigenvalue weighted by Gasteiger charge is 2.22. The van der Waals surface area contributed by atoms with Crippen molar-refractivity contribution in [2.24, 2.45) is 0 Å². The lowest BCUT2D eigenvalue weighted by Crippen LogP contribution is -2.22. The van der Waals surface area contributed by atoms with E-state index in [2.05, 4.69) is 14.9 Å². The predicted octanol–water partition coefficient (Wildman–Crippen LogP) is 1.71. The third kappa shape index (κ3) is 3.04. The van der Waals surface area contributed by atoms with Crippen LogP contribution in [-0.2, 0) is 4.74 Å². The zero-order chi connectivity index (χ0) is 11.9. The summed E-state index contributed by atoms with van der Waals surface area (Å²) in [6.45, 7) is 1.15. The molecule has 6 nitrogen and oxygen atoms in total. The number of aromatic nitrogens is 2. The van der Waals surface area contributed by atoms with Crippen LogP contribution in [0.5, 0.6) is 0 Å². The topological polar surface area (TPSA) is 68.5 Å². The summed E-state index contributed by atoms with van der Waals surface area (Å²) >= 11 is 0. The van der Waals surface area contributed by atoms with Gasteiger partial charge in [-0.05, 0) is 12.1 Å². The first-order valence-electron chi connectivity index (χ1n) is 5.08. The van der Waals surface area contributed by atoms with E-state index in [9.17, 15) is 4.79 Å². The molecule has 0 saturated carbocycles. The van der Waals surface area contributed by atoms with Crippen molar-refractivity contribution in [3.05, 3.63) is 42.8 Å². The van der Waals surface area contributed by atoms with Gasteiger partial charge in [-0.25, -0.2) is 4.79 Å². The average Bonchev–Trinajstić information content (AvgIpc) is 3.03. The number of ether oxygens (including phenoxy) is 1. The van der Waals surface area contributed by atoms with Gasteiger partial charge in [-0.3, -0.25) is 4.90 Å². The Balaban J connectivity index is 0.000000181. The van der Waals surface area contributed by atoms with Gasteiger partial charge in [0.15, 0.2) is 0 Å². The SMILES string of the molecule is O=C1OCCN1c1ccccc1.c1conn1. The minimum absolute atomic E-state index is 0.249. The van der Waals surface area contributed by atoms with E-state index in [4.69, 9.17) is 4.74 Å². The van der Waals surface area contributed by atoms with E-state index in [1.165, 1.54) is 12.5 Å². The Morgan fingerprint density at radius 3 is 2.53 bits per heavy atom. The molecule has 0 unspecified atom stereocenters. The number of carbonyl (C=O) groups is 1. The number of para-hydroxylation sites is 1. The van der Waals surface area contributed by atoms with Crippen molar-refractivity contribution in [2.45, 2.75) is 0 Å². The van der Waals surface area contributed by atoms with Crippen molar-refractivity contribution in [3.63, 3.8) is 0 Å². The Hall–Kier alpha value is -2.37. The fraction of sp³-hybridized carbons (Fsp3) is 0.182. The number of hydrogen-bond donors (Lipinski definition) is 0. The van der Waals surface area contributed by atoms with Gasteiger partial charge < -0.3 is 9.26 Å². The maximum atomic E-state index is 11.1. The quantitative estimate of drug-likeness (QED) is 0.750. The number of benzene rings is 1. The Morgan fingerprint density at radius 2 is 2.06 bits per heavy atom. The maximum absolute atomic E-state index is 11.1. The summed E-state index contributed by atoms with van der Waals surface area (Å²) in [6, 6.07) is 9.52. The molecule has 0 atom stereocenters. The molecule has 2 aromatic rings. The second kappa shape index (κ2) is 5.64. The molecular formula is C11H11N3O3. The predicted molar refractivity (Wildman–Crippen MR) is 59.4 cm³/mol. The van der Waals surface area contributed by atoms with E-state index in [0.29, 0.717) is 13.2 Å². The van der Waals surface area contributed by atoms with E-state index in [1.54, 1.807) is 4.90 Å². The van der Waals surface area contributed by atoms with Gasteiger partial charge in [-0.1, -0.05) is 18.2 Å². The summed E-state index contributed by atoms with van der Waals surface area (Å²) < 4.78 is 9.03. The van der Waals surface area contributed by atoms with Crippen LogP contribution in [0.15, 0.2) is 47.3 Å². The van der Waals surface area contributed by atoms with Crippen molar-refractivity contribution in [2.75, 3.05) is 18.1 Å². The van der Waals surface area contributed by atoms with Crippen molar-refractivity contribution in [1.82, 2.24) is 10.4 Å². The monoisotopic (exact) mass is 233 g/mol. The van der Waals surface area contributed by atoms with E-state index in [-0.39, 0.29) is 6.09 Å². The highest BCUT2D eigenvalue weighted by molar-refractivity contribution is 5.89. The molecule has 17 heavy (non-hydrogen) atoms. The molecule has 6 heteroatoms. The number of rotatable bonds is 1. The molecule has 1 aromatic carbocycles. The summed E-state index contributed by atoms with van der Waals surface area (Å²) in [6.07, 6.45) is 2.63. The second-order valence-electron chi connectivity index (χ2n) is 3.19. The first-order chi connectivity index (χ1) is 8.38. The maximum Gasteiger partial charge on any atom is 0.414 e. The van der Waals surface area contributed by atoms with Gasteiger partial charge >= 0.3 is 6.09 Å². The Bertz CT molecular complexity index is 427. The Morgan fingerprint density at radius 1 is 1.24 bits per heavy atom. The van der Waals surface area contributed by atoms with Gasteiger partial charge in [0.05, 0.1) is 12.7 Å². The van der Waals surface area contributed by atoms with Gasteiger partial charge in [-0.15, -0.1) is 5.10 Å². The average molecular weight is 233 g/mol. The van der Waals surface area contributed by atoms with Crippen molar-refractivity contribution < 1.29 is 14.1 Å². The van der Waals surface area contributed by atoms with Crippen LogP contribution in [0.3, 0.4) is 0 Å². The van der Waals surface area contributed by atoms with Crippen LogP contribution < -0.4 is 4.90 Å². The standard InChI is InChI=1S/C9H9NO2.C2H2N2O/c11-9-10(6-7-12-9)8-4-2-1-3-5-8;1-2-5-4-3-1/h1-5H,6-7H2;1-2H.